The molecule has 118 valence electrons. The van der Waals surface area contributed by atoms with Crippen LogP contribution in [0.3, 0.4) is 0 Å². The average molecular weight is 321 g/mol. The van der Waals surface area contributed by atoms with E-state index in [2.05, 4.69) is 15.3 Å². The Morgan fingerprint density at radius 3 is 2.73 bits per heavy atom. The third kappa shape index (κ3) is 3.79. The summed E-state index contributed by atoms with van der Waals surface area (Å²) in [6.07, 6.45) is 0. The van der Waals surface area contributed by atoms with Crippen molar-refractivity contribution in [1.82, 2.24) is 15.3 Å². The van der Waals surface area contributed by atoms with E-state index >= 15 is 0 Å². The molecule has 1 heterocycles. The molecule has 22 heavy (non-hydrogen) atoms. The summed E-state index contributed by atoms with van der Waals surface area (Å²) in [4.78, 5) is 30.6. The molecule has 0 aliphatic rings. The van der Waals surface area contributed by atoms with Crippen LogP contribution in [0, 0.1) is 0 Å². The van der Waals surface area contributed by atoms with Crippen LogP contribution >= 0.6 is 11.8 Å². The molecule has 2 aromatic rings. The molecule has 0 saturated heterocycles. The summed E-state index contributed by atoms with van der Waals surface area (Å²) in [6, 6.07) is 6.82. The van der Waals surface area contributed by atoms with Gasteiger partial charge in [0.05, 0.1) is 21.5 Å². The standard InChI is InChI=1S/C15H19N3O3S/c1-9(13(19)20)16-14(21)15(2,3)22-8-12-17-10-6-4-5-7-11(10)18-12/h4-7,9H,8H2,1-3H3,(H,16,21)(H,17,18)(H,19,20)/t9-/m0/s1. The van der Waals surface area contributed by atoms with Gasteiger partial charge in [-0.05, 0) is 32.9 Å². The smallest absolute Gasteiger partial charge is 0.325 e. The number of thioether (sulfide) groups is 1. The van der Waals surface area contributed by atoms with E-state index in [0.29, 0.717) is 5.75 Å². The predicted molar refractivity (Wildman–Crippen MR) is 86.7 cm³/mol. The van der Waals surface area contributed by atoms with Gasteiger partial charge in [-0.3, -0.25) is 9.59 Å². The molecule has 2 rings (SSSR count). The Morgan fingerprint density at radius 1 is 1.41 bits per heavy atom. The van der Waals surface area contributed by atoms with Crippen LogP contribution in [-0.2, 0) is 15.3 Å². The minimum atomic E-state index is -1.05. The Hall–Kier alpha value is -2.02. The Morgan fingerprint density at radius 2 is 2.09 bits per heavy atom. The van der Waals surface area contributed by atoms with E-state index in [0.717, 1.165) is 16.9 Å². The summed E-state index contributed by atoms with van der Waals surface area (Å²) in [5, 5.41) is 11.3. The largest absolute Gasteiger partial charge is 0.480 e. The van der Waals surface area contributed by atoms with Crippen molar-refractivity contribution in [3.05, 3.63) is 30.1 Å². The third-order valence-electron chi connectivity index (χ3n) is 3.27. The van der Waals surface area contributed by atoms with Crippen molar-refractivity contribution < 1.29 is 14.7 Å². The number of hydrogen-bond donors (Lipinski definition) is 3. The number of imidazole rings is 1. The number of benzene rings is 1. The molecular weight excluding hydrogens is 302 g/mol. The molecule has 7 heteroatoms. The minimum Gasteiger partial charge on any atom is -0.480 e. The molecule has 3 N–H and O–H groups in total. The van der Waals surface area contributed by atoms with Crippen LogP contribution in [0.4, 0.5) is 0 Å². The van der Waals surface area contributed by atoms with E-state index in [-0.39, 0.29) is 5.91 Å². The highest BCUT2D eigenvalue weighted by Crippen LogP contribution is 2.28. The summed E-state index contributed by atoms with van der Waals surface area (Å²) < 4.78 is -0.747. The van der Waals surface area contributed by atoms with Crippen LogP contribution < -0.4 is 5.32 Å². The van der Waals surface area contributed by atoms with Gasteiger partial charge in [0.2, 0.25) is 5.91 Å². The SMILES string of the molecule is C[C@H](NC(=O)C(C)(C)SCc1nc2ccccc2[nH]1)C(=O)O. The van der Waals surface area contributed by atoms with Gasteiger partial charge >= 0.3 is 5.97 Å². The number of aromatic nitrogens is 2. The molecule has 0 bridgehead atoms. The molecule has 6 nitrogen and oxygen atoms in total. The summed E-state index contributed by atoms with van der Waals surface area (Å²) >= 11 is 1.41. The van der Waals surface area contributed by atoms with Crippen LogP contribution in [0.2, 0.25) is 0 Å². The topological polar surface area (TPSA) is 95.1 Å². The minimum absolute atomic E-state index is 0.302. The van der Waals surface area contributed by atoms with Gasteiger partial charge in [0.25, 0.3) is 0 Å². The van der Waals surface area contributed by atoms with Crippen molar-refractivity contribution in [1.29, 1.82) is 0 Å². The maximum Gasteiger partial charge on any atom is 0.325 e. The summed E-state index contributed by atoms with van der Waals surface area (Å²) in [5.74, 6) is -0.0235. The van der Waals surface area contributed by atoms with Crippen molar-refractivity contribution in [2.45, 2.75) is 37.3 Å². The van der Waals surface area contributed by atoms with E-state index in [1.165, 1.54) is 18.7 Å². The first-order chi connectivity index (χ1) is 10.3. The number of carboxylic acid groups (broad SMARTS) is 1. The third-order valence-corrected chi connectivity index (χ3v) is 4.60. The molecule has 1 atom stereocenters. The second-order valence-electron chi connectivity index (χ2n) is 5.53. The van der Waals surface area contributed by atoms with E-state index in [1.807, 2.05) is 24.3 Å². The van der Waals surface area contributed by atoms with E-state index in [9.17, 15) is 9.59 Å². The first-order valence-corrected chi connectivity index (χ1v) is 7.89. The van der Waals surface area contributed by atoms with Gasteiger partial charge in [-0.1, -0.05) is 12.1 Å². The van der Waals surface area contributed by atoms with Gasteiger partial charge < -0.3 is 15.4 Å². The quantitative estimate of drug-likeness (QED) is 0.758. The maximum atomic E-state index is 12.1. The number of hydrogen-bond acceptors (Lipinski definition) is 4. The fourth-order valence-corrected chi connectivity index (χ4v) is 2.64. The fraction of sp³-hybridized carbons (Fsp3) is 0.400. The number of carbonyl (C=O) groups excluding carboxylic acids is 1. The highest BCUT2D eigenvalue weighted by molar-refractivity contribution is 8.00. The van der Waals surface area contributed by atoms with Gasteiger partial charge in [0.1, 0.15) is 11.9 Å². The number of aromatic amines is 1. The maximum absolute atomic E-state index is 12.1. The lowest BCUT2D eigenvalue weighted by Gasteiger charge is -2.23. The monoisotopic (exact) mass is 321 g/mol. The number of H-pyrrole nitrogens is 1. The molecular formula is C15H19N3O3S. The zero-order valence-corrected chi connectivity index (χ0v) is 13.5. The van der Waals surface area contributed by atoms with E-state index < -0.39 is 16.8 Å². The number of para-hydroxylation sites is 2. The molecule has 1 aromatic heterocycles. The average Bonchev–Trinajstić information content (AvgIpc) is 2.87. The Balaban J connectivity index is 1.99. The van der Waals surface area contributed by atoms with Crippen molar-refractivity contribution in [2.24, 2.45) is 0 Å². The summed E-state index contributed by atoms with van der Waals surface area (Å²) in [5.41, 5.74) is 1.85. The first kappa shape index (κ1) is 16.4. The van der Waals surface area contributed by atoms with Crippen molar-refractivity contribution in [3.63, 3.8) is 0 Å². The van der Waals surface area contributed by atoms with Crippen LogP contribution in [0.5, 0.6) is 0 Å². The zero-order valence-electron chi connectivity index (χ0n) is 12.7. The number of nitrogens with one attached hydrogen (secondary N) is 2. The number of amides is 1. The summed E-state index contributed by atoms with van der Waals surface area (Å²) in [6.45, 7) is 4.98. The van der Waals surface area contributed by atoms with Gasteiger partial charge in [0, 0.05) is 0 Å². The Bertz CT molecular complexity index is 663. The van der Waals surface area contributed by atoms with E-state index in [1.54, 1.807) is 13.8 Å². The molecule has 0 fully saturated rings. The van der Waals surface area contributed by atoms with Crippen molar-refractivity contribution >= 4 is 34.7 Å². The van der Waals surface area contributed by atoms with Crippen LogP contribution in [-0.4, -0.2) is 37.7 Å². The molecule has 0 spiro atoms. The Labute approximate surface area is 132 Å². The highest BCUT2D eigenvalue weighted by atomic mass is 32.2. The van der Waals surface area contributed by atoms with Crippen molar-refractivity contribution in [3.8, 4) is 0 Å². The molecule has 0 unspecified atom stereocenters. The molecule has 0 radical (unpaired) electrons. The number of rotatable bonds is 6. The molecule has 0 saturated carbocycles. The van der Waals surface area contributed by atoms with E-state index in [4.69, 9.17) is 5.11 Å². The second-order valence-corrected chi connectivity index (χ2v) is 7.13. The van der Waals surface area contributed by atoms with Crippen LogP contribution in [0.1, 0.15) is 26.6 Å². The highest BCUT2D eigenvalue weighted by Gasteiger charge is 2.30. The van der Waals surface area contributed by atoms with Gasteiger partial charge in [0.15, 0.2) is 0 Å². The van der Waals surface area contributed by atoms with Gasteiger partial charge in [-0.25, -0.2) is 4.98 Å². The predicted octanol–water partition coefficient (Wildman–Crippen LogP) is 2.16. The lowest BCUT2D eigenvalue weighted by atomic mass is 10.2. The molecule has 1 amide bonds. The molecule has 1 aromatic carbocycles. The number of fused-ring (bicyclic) bond motifs is 1. The summed E-state index contributed by atoms with van der Waals surface area (Å²) in [7, 11) is 0. The molecule has 0 aliphatic heterocycles. The lowest BCUT2D eigenvalue weighted by molar-refractivity contribution is -0.141. The van der Waals surface area contributed by atoms with Gasteiger partial charge in [-0.15, -0.1) is 11.8 Å². The number of aliphatic carboxylic acids is 1. The lowest BCUT2D eigenvalue weighted by Crippen LogP contribution is -2.47. The van der Waals surface area contributed by atoms with Crippen molar-refractivity contribution in [2.75, 3.05) is 0 Å². The zero-order chi connectivity index (χ0) is 16.3. The number of carbonyl (C=O) groups is 2. The Kier molecular flexibility index (Phi) is 4.75. The van der Waals surface area contributed by atoms with Crippen LogP contribution in [0.25, 0.3) is 11.0 Å². The van der Waals surface area contributed by atoms with Gasteiger partial charge in [-0.2, -0.15) is 0 Å². The second kappa shape index (κ2) is 6.39. The molecule has 0 aliphatic carbocycles. The fourth-order valence-electron chi connectivity index (χ4n) is 1.82. The normalized spacial score (nSPS) is 13.0. The number of carboxylic acids is 1. The first-order valence-electron chi connectivity index (χ1n) is 6.91. The van der Waals surface area contributed by atoms with Crippen LogP contribution in [0.15, 0.2) is 24.3 Å². The number of nitrogens with zero attached hydrogens (tertiary/aromatic N) is 1.